The molecule has 0 aliphatic heterocycles. The van der Waals surface area contributed by atoms with Gasteiger partial charge in [0.2, 0.25) is 0 Å². The number of benzene rings is 1. The van der Waals surface area contributed by atoms with Gasteiger partial charge in [0, 0.05) is 0 Å². The van der Waals surface area contributed by atoms with Crippen LogP contribution in [0.3, 0.4) is 0 Å². The van der Waals surface area contributed by atoms with Crippen LogP contribution in [-0.2, 0) is 20.7 Å². The summed E-state index contributed by atoms with van der Waals surface area (Å²) in [5.74, 6) is -0.235. The highest BCUT2D eigenvalue weighted by atomic mass is 32.2. The molecule has 0 saturated carbocycles. The van der Waals surface area contributed by atoms with Crippen LogP contribution in [0.2, 0.25) is 0 Å². The van der Waals surface area contributed by atoms with Crippen molar-refractivity contribution in [2.24, 2.45) is 0 Å². The molecule has 16 heavy (non-hydrogen) atoms. The lowest BCUT2D eigenvalue weighted by Gasteiger charge is -2.06. The van der Waals surface area contributed by atoms with Crippen molar-refractivity contribution < 1.29 is 17.0 Å². The van der Waals surface area contributed by atoms with Gasteiger partial charge in [0.15, 0.2) is 0 Å². The summed E-state index contributed by atoms with van der Waals surface area (Å²) in [4.78, 5) is 0. The number of rotatable bonds is 5. The number of hydrogen-bond donors (Lipinski definition) is 0. The Morgan fingerprint density at radius 2 is 2.06 bits per heavy atom. The van der Waals surface area contributed by atoms with Gasteiger partial charge in [0.25, 0.3) is 10.1 Å². The first-order valence-electron chi connectivity index (χ1n) is 4.98. The second-order valence-corrected chi connectivity index (χ2v) is 5.30. The summed E-state index contributed by atoms with van der Waals surface area (Å²) in [5, 5.41) is 0. The predicted molar refractivity (Wildman–Crippen MR) is 60.3 cm³/mol. The van der Waals surface area contributed by atoms with Crippen LogP contribution in [0.25, 0.3) is 0 Å². The minimum atomic E-state index is -3.37. The molecular weight excluding hydrogens is 231 g/mol. The highest BCUT2D eigenvalue weighted by Crippen LogP contribution is 2.13. The molecule has 0 N–H and O–H groups in total. The molecule has 0 saturated heterocycles. The van der Waals surface area contributed by atoms with E-state index in [1.165, 1.54) is 6.07 Å². The summed E-state index contributed by atoms with van der Waals surface area (Å²) < 4.78 is 39.1. The van der Waals surface area contributed by atoms with Crippen LogP contribution in [0.5, 0.6) is 0 Å². The normalized spacial score (nSPS) is 11.7. The summed E-state index contributed by atoms with van der Waals surface area (Å²) in [6.07, 6.45) is 2.18. The number of aryl methyl sites for hydroxylation is 1. The smallest absolute Gasteiger partial charge is 0.264 e. The molecule has 0 unspecified atom stereocenters. The second-order valence-electron chi connectivity index (χ2n) is 3.65. The molecule has 0 bridgehead atoms. The second kappa shape index (κ2) is 5.41. The SMILES string of the molecule is Cc1c(F)cccc1CCCOS(C)(=O)=O. The zero-order valence-corrected chi connectivity index (χ0v) is 10.2. The molecule has 0 spiro atoms. The van der Waals surface area contributed by atoms with Gasteiger partial charge in [0.1, 0.15) is 5.82 Å². The zero-order chi connectivity index (χ0) is 12.2. The highest BCUT2D eigenvalue weighted by molar-refractivity contribution is 7.85. The molecule has 0 aromatic heterocycles. The first-order chi connectivity index (χ1) is 7.40. The van der Waals surface area contributed by atoms with Crippen molar-refractivity contribution in [3.63, 3.8) is 0 Å². The molecule has 0 radical (unpaired) electrons. The van der Waals surface area contributed by atoms with Crippen LogP contribution in [0.1, 0.15) is 17.5 Å². The Kier molecular flexibility index (Phi) is 4.44. The first-order valence-corrected chi connectivity index (χ1v) is 6.80. The predicted octanol–water partition coefficient (Wildman–Crippen LogP) is 2.04. The average Bonchev–Trinajstić information content (AvgIpc) is 2.17. The first kappa shape index (κ1) is 13.1. The fourth-order valence-electron chi connectivity index (χ4n) is 1.40. The maximum atomic E-state index is 13.2. The molecule has 0 aliphatic rings. The molecule has 0 amide bonds. The van der Waals surface area contributed by atoms with E-state index in [-0.39, 0.29) is 12.4 Å². The van der Waals surface area contributed by atoms with Gasteiger partial charge in [-0.1, -0.05) is 12.1 Å². The van der Waals surface area contributed by atoms with Gasteiger partial charge in [-0.2, -0.15) is 8.42 Å². The van der Waals surface area contributed by atoms with Gasteiger partial charge < -0.3 is 0 Å². The van der Waals surface area contributed by atoms with Gasteiger partial charge in [-0.3, -0.25) is 4.18 Å². The van der Waals surface area contributed by atoms with Crippen LogP contribution in [0.4, 0.5) is 4.39 Å². The van der Waals surface area contributed by atoms with Crippen LogP contribution >= 0.6 is 0 Å². The van der Waals surface area contributed by atoms with E-state index in [2.05, 4.69) is 4.18 Å². The van der Waals surface area contributed by atoms with Crippen molar-refractivity contribution in [3.05, 3.63) is 35.1 Å². The highest BCUT2D eigenvalue weighted by Gasteiger charge is 2.04. The number of hydrogen-bond acceptors (Lipinski definition) is 3. The Morgan fingerprint density at radius 1 is 1.38 bits per heavy atom. The molecule has 1 aromatic carbocycles. The van der Waals surface area contributed by atoms with E-state index in [4.69, 9.17) is 0 Å². The van der Waals surface area contributed by atoms with Crippen molar-refractivity contribution >= 4 is 10.1 Å². The molecular formula is C11H15FO3S. The molecule has 0 fully saturated rings. The van der Waals surface area contributed by atoms with Crippen molar-refractivity contribution in [2.75, 3.05) is 12.9 Å². The van der Waals surface area contributed by atoms with E-state index in [0.29, 0.717) is 18.4 Å². The third-order valence-electron chi connectivity index (χ3n) is 2.27. The Bertz CT molecular complexity index is 454. The van der Waals surface area contributed by atoms with E-state index in [1.807, 2.05) is 6.07 Å². The topological polar surface area (TPSA) is 43.4 Å². The fraction of sp³-hybridized carbons (Fsp3) is 0.455. The van der Waals surface area contributed by atoms with Crippen LogP contribution in [-0.4, -0.2) is 21.3 Å². The van der Waals surface area contributed by atoms with E-state index in [9.17, 15) is 12.8 Å². The van der Waals surface area contributed by atoms with Gasteiger partial charge in [-0.25, -0.2) is 4.39 Å². The molecule has 0 aliphatic carbocycles. The van der Waals surface area contributed by atoms with Crippen LogP contribution in [0, 0.1) is 12.7 Å². The van der Waals surface area contributed by atoms with Gasteiger partial charge in [-0.15, -0.1) is 0 Å². The van der Waals surface area contributed by atoms with E-state index in [0.717, 1.165) is 11.8 Å². The Morgan fingerprint density at radius 3 is 2.69 bits per heavy atom. The average molecular weight is 246 g/mol. The zero-order valence-electron chi connectivity index (χ0n) is 9.36. The van der Waals surface area contributed by atoms with Crippen LogP contribution in [0.15, 0.2) is 18.2 Å². The van der Waals surface area contributed by atoms with Crippen molar-refractivity contribution in [2.45, 2.75) is 19.8 Å². The Balaban J connectivity index is 2.47. The van der Waals surface area contributed by atoms with Crippen molar-refractivity contribution in [3.8, 4) is 0 Å². The minimum Gasteiger partial charge on any atom is -0.270 e. The Hall–Kier alpha value is -0.940. The third-order valence-corrected chi connectivity index (χ3v) is 2.86. The van der Waals surface area contributed by atoms with Crippen molar-refractivity contribution in [1.82, 2.24) is 0 Å². The van der Waals surface area contributed by atoms with Crippen molar-refractivity contribution in [1.29, 1.82) is 0 Å². The molecule has 0 atom stereocenters. The maximum absolute atomic E-state index is 13.2. The summed E-state index contributed by atoms with van der Waals surface area (Å²) in [5.41, 5.74) is 1.50. The lowest BCUT2D eigenvalue weighted by atomic mass is 10.0. The lowest BCUT2D eigenvalue weighted by Crippen LogP contribution is -2.05. The van der Waals surface area contributed by atoms with Crippen LogP contribution < -0.4 is 0 Å². The van der Waals surface area contributed by atoms with Gasteiger partial charge in [-0.05, 0) is 37.0 Å². The molecule has 3 nitrogen and oxygen atoms in total. The molecule has 1 rings (SSSR count). The quantitative estimate of drug-likeness (QED) is 0.590. The van der Waals surface area contributed by atoms with E-state index >= 15 is 0 Å². The third kappa shape index (κ3) is 4.28. The molecule has 5 heteroatoms. The van der Waals surface area contributed by atoms with Gasteiger partial charge in [0.05, 0.1) is 12.9 Å². The van der Waals surface area contributed by atoms with E-state index in [1.54, 1.807) is 13.0 Å². The summed E-state index contributed by atoms with van der Waals surface area (Å²) in [6.45, 7) is 1.84. The molecule has 0 heterocycles. The maximum Gasteiger partial charge on any atom is 0.264 e. The lowest BCUT2D eigenvalue weighted by molar-refractivity contribution is 0.315. The largest absolute Gasteiger partial charge is 0.270 e. The number of halogens is 1. The monoisotopic (exact) mass is 246 g/mol. The van der Waals surface area contributed by atoms with Gasteiger partial charge >= 0.3 is 0 Å². The summed E-state index contributed by atoms with van der Waals surface area (Å²) in [6, 6.07) is 4.89. The summed E-state index contributed by atoms with van der Waals surface area (Å²) >= 11 is 0. The van der Waals surface area contributed by atoms with E-state index < -0.39 is 10.1 Å². The standard InChI is InChI=1S/C11H15FO3S/c1-9-10(5-3-7-11(9)12)6-4-8-15-16(2,13)14/h3,5,7H,4,6,8H2,1-2H3. The fourth-order valence-corrected chi connectivity index (χ4v) is 1.82. The minimum absolute atomic E-state index is 0.134. The summed E-state index contributed by atoms with van der Waals surface area (Å²) in [7, 11) is -3.37. The molecule has 1 aromatic rings. The molecule has 90 valence electrons. The Labute approximate surface area is 95.4 Å².